The van der Waals surface area contributed by atoms with E-state index in [4.69, 9.17) is 9.47 Å². The first-order chi connectivity index (χ1) is 8.15. The van der Waals surface area contributed by atoms with Crippen LogP contribution in [0.3, 0.4) is 0 Å². The van der Waals surface area contributed by atoms with Crippen molar-refractivity contribution in [2.45, 2.75) is 38.4 Å². The summed E-state index contributed by atoms with van der Waals surface area (Å²) >= 11 is 0. The highest BCUT2D eigenvalue weighted by Gasteiger charge is 2.36. The minimum Gasteiger partial charge on any atom is -0.493 e. The summed E-state index contributed by atoms with van der Waals surface area (Å²) in [7, 11) is 0. The SMILES string of the molecule is CCOc1ccccc1C1(C)CC(O)CCO1. The molecule has 1 aliphatic rings. The van der Waals surface area contributed by atoms with Crippen molar-refractivity contribution in [3.63, 3.8) is 0 Å². The molecule has 1 saturated heterocycles. The average molecular weight is 236 g/mol. The van der Waals surface area contributed by atoms with Gasteiger partial charge in [-0.1, -0.05) is 18.2 Å². The molecule has 3 nitrogen and oxygen atoms in total. The zero-order valence-corrected chi connectivity index (χ0v) is 10.5. The van der Waals surface area contributed by atoms with Crippen LogP contribution < -0.4 is 4.74 Å². The molecule has 0 amide bonds. The van der Waals surface area contributed by atoms with Crippen molar-refractivity contribution in [3.8, 4) is 5.75 Å². The Morgan fingerprint density at radius 2 is 2.24 bits per heavy atom. The molecule has 0 aliphatic carbocycles. The smallest absolute Gasteiger partial charge is 0.125 e. The first-order valence-corrected chi connectivity index (χ1v) is 6.20. The van der Waals surface area contributed by atoms with Gasteiger partial charge in [-0.2, -0.15) is 0 Å². The van der Waals surface area contributed by atoms with Crippen LogP contribution in [-0.4, -0.2) is 24.4 Å². The maximum atomic E-state index is 9.81. The minimum atomic E-state index is -0.441. The molecule has 2 atom stereocenters. The summed E-state index contributed by atoms with van der Waals surface area (Å²) in [5.41, 5.74) is 0.587. The van der Waals surface area contributed by atoms with E-state index >= 15 is 0 Å². The van der Waals surface area contributed by atoms with Gasteiger partial charge in [0, 0.05) is 12.0 Å². The molecule has 0 aromatic heterocycles. The van der Waals surface area contributed by atoms with Gasteiger partial charge in [0.25, 0.3) is 0 Å². The van der Waals surface area contributed by atoms with Crippen molar-refractivity contribution in [2.24, 2.45) is 0 Å². The lowest BCUT2D eigenvalue weighted by atomic mass is 9.86. The lowest BCUT2D eigenvalue weighted by molar-refractivity contribution is -0.113. The highest BCUT2D eigenvalue weighted by molar-refractivity contribution is 5.38. The van der Waals surface area contributed by atoms with Crippen LogP contribution in [0.1, 0.15) is 32.3 Å². The second-order valence-electron chi connectivity index (χ2n) is 4.66. The molecular formula is C14H20O3. The largest absolute Gasteiger partial charge is 0.493 e. The van der Waals surface area contributed by atoms with Gasteiger partial charge >= 0.3 is 0 Å². The standard InChI is InChI=1S/C14H20O3/c1-3-16-13-7-5-4-6-12(13)14(2)10-11(15)8-9-17-14/h4-7,11,15H,3,8-10H2,1-2H3. The van der Waals surface area contributed by atoms with Gasteiger partial charge in [-0.25, -0.2) is 0 Å². The summed E-state index contributed by atoms with van der Waals surface area (Å²) in [5, 5.41) is 9.81. The maximum absolute atomic E-state index is 9.81. The number of aliphatic hydroxyl groups excluding tert-OH is 1. The first-order valence-electron chi connectivity index (χ1n) is 6.20. The molecule has 2 unspecified atom stereocenters. The van der Waals surface area contributed by atoms with E-state index < -0.39 is 5.60 Å². The number of rotatable bonds is 3. The van der Waals surface area contributed by atoms with E-state index in [1.165, 1.54) is 0 Å². The number of aliphatic hydroxyl groups is 1. The quantitative estimate of drug-likeness (QED) is 0.876. The van der Waals surface area contributed by atoms with Crippen LogP contribution in [0, 0.1) is 0 Å². The Kier molecular flexibility index (Phi) is 3.69. The molecule has 1 aliphatic heterocycles. The Bertz CT molecular complexity index is 377. The summed E-state index contributed by atoms with van der Waals surface area (Å²) in [6.45, 7) is 5.22. The minimum absolute atomic E-state index is 0.288. The van der Waals surface area contributed by atoms with Gasteiger partial charge in [0.1, 0.15) is 5.75 Å². The lowest BCUT2D eigenvalue weighted by Crippen LogP contribution is -2.37. The van der Waals surface area contributed by atoms with Gasteiger partial charge in [0.2, 0.25) is 0 Å². The number of ether oxygens (including phenoxy) is 2. The molecule has 1 heterocycles. The maximum Gasteiger partial charge on any atom is 0.125 e. The molecule has 0 spiro atoms. The fraction of sp³-hybridized carbons (Fsp3) is 0.571. The van der Waals surface area contributed by atoms with E-state index in [2.05, 4.69) is 0 Å². The van der Waals surface area contributed by atoms with Crippen LogP contribution in [0.4, 0.5) is 0 Å². The van der Waals surface area contributed by atoms with Crippen LogP contribution in [0.15, 0.2) is 24.3 Å². The fourth-order valence-electron chi connectivity index (χ4n) is 2.40. The molecule has 1 aromatic carbocycles. The van der Waals surface area contributed by atoms with Crippen molar-refractivity contribution < 1.29 is 14.6 Å². The van der Waals surface area contributed by atoms with Crippen molar-refractivity contribution in [1.82, 2.24) is 0 Å². The molecular weight excluding hydrogens is 216 g/mol. The first kappa shape index (κ1) is 12.4. The number of benzene rings is 1. The highest BCUT2D eigenvalue weighted by atomic mass is 16.5. The highest BCUT2D eigenvalue weighted by Crippen LogP contribution is 2.39. The molecule has 3 heteroatoms. The van der Waals surface area contributed by atoms with Crippen LogP contribution in [0.25, 0.3) is 0 Å². The van der Waals surface area contributed by atoms with Crippen LogP contribution in [0.2, 0.25) is 0 Å². The van der Waals surface area contributed by atoms with E-state index in [1.807, 2.05) is 38.1 Å². The van der Waals surface area contributed by atoms with Gasteiger partial charge in [-0.15, -0.1) is 0 Å². The summed E-state index contributed by atoms with van der Waals surface area (Å²) in [6, 6.07) is 7.90. The normalized spacial score (nSPS) is 29.0. The van der Waals surface area contributed by atoms with Crippen molar-refractivity contribution in [2.75, 3.05) is 13.2 Å². The Balaban J connectivity index is 2.31. The van der Waals surface area contributed by atoms with E-state index in [0.717, 1.165) is 11.3 Å². The summed E-state index contributed by atoms with van der Waals surface area (Å²) in [6.07, 6.45) is 1.05. The van der Waals surface area contributed by atoms with Crippen molar-refractivity contribution in [3.05, 3.63) is 29.8 Å². The zero-order valence-electron chi connectivity index (χ0n) is 10.5. The summed E-state index contributed by atoms with van der Waals surface area (Å²) in [5.74, 6) is 0.853. The molecule has 1 aromatic rings. The molecule has 0 bridgehead atoms. The monoisotopic (exact) mass is 236 g/mol. The molecule has 2 rings (SSSR count). The topological polar surface area (TPSA) is 38.7 Å². The van der Waals surface area contributed by atoms with Gasteiger partial charge < -0.3 is 14.6 Å². The van der Waals surface area contributed by atoms with Gasteiger partial charge in [0.05, 0.1) is 24.9 Å². The van der Waals surface area contributed by atoms with Gasteiger partial charge in [-0.3, -0.25) is 0 Å². The Hall–Kier alpha value is -1.06. The van der Waals surface area contributed by atoms with E-state index in [-0.39, 0.29) is 6.10 Å². The van der Waals surface area contributed by atoms with E-state index in [9.17, 15) is 5.11 Å². The average Bonchev–Trinajstić information content (AvgIpc) is 2.30. The summed E-state index contributed by atoms with van der Waals surface area (Å²) in [4.78, 5) is 0. The lowest BCUT2D eigenvalue weighted by Gasteiger charge is -2.37. The Labute approximate surface area is 102 Å². The van der Waals surface area contributed by atoms with Gasteiger partial charge in [0.15, 0.2) is 0 Å². The van der Waals surface area contributed by atoms with Crippen molar-refractivity contribution >= 4 is 0 Å². The molecule has 94 valence electrons. The van der Waals surface area contributed by atoms with E-state index in [1.54, 1.807) is 0 Å². The van der Waals surface area contributed by atoms with Crippen LogP contribution >= 0.6 is 0 Å². The third kappa shape index (κ3) is 2.61. The summed E-state index contributed by atoms with van der Waals surface area (Å²) < 4.78 is 11.5. The number of hydrogen-bond acceptors (Lipinski definition) is 3. The molecule has 1 N–H and O–H groups in total. The Morgan fingerprint density at radius 3 is 2.94 bits per heavy atom. The fourth-order valence-corrected chi connectivity index (χ4v) is 2.40. The zero-order chi connectivity index (χ0) is 12.3. The third-order valence-corrected chi connectivity index (χ3v) is 3.25. The Morgan fingerprint density at radius 1 is 1.47 bits per heavy atom. The molecule has 0 radical (unpaired) electrons. The molecule has 0 saturated carbocycles. The van der Waals surface area contributed by atoms with Crippen LogP contribution in [-0.2, 0) is 10.3 Å². The van der Waals surface area contributed by atoms with Crippen LogP contribution in [0.5, 0.6) is 5.75 Å². The predicted octanol–water partition coefficient (Wildman–Crippen LogP) is 2.47. The molecule has 1 fully saturated rings. The second kappa shape index (κ2) is 5.07. The van der Waals surface area contributed by atoms with E-state index in [0.29, 0.717) is 26.1 Å². The third-order valence-electron chi connectivity index (χ3n) is 3.25. The number of hydrogen-bond donors (Lipinski definition) is 1. The number of para-hydroxylation sites is 1. The second-order valence-corrected chi connectivity index (χ2v) is 4.66. The van der Waals surface area contributed by atoms with Gasteiger partial charge in [-0.05, 0) is 26.3 Å². The molecule has 17 heavy (non-hydrogen) atoms. The predicted molar refractivity (Wildman–Crippen MR) is 66.2 cm³/mol. The van der Waals surface area contributed by atoms with Crippen molar-refractivity contribution in [1.29, 1.82) is 0 Å².